The van der Waals surface area contributed by atoms with Crippen LogP contribution in [0.5, 0.6) is 0 Å². The lowest BCUT2D eigenvalue weighted by Gasteiger charge is -2.18. The number of nitrogens with zero attached hydrogens (tertiary/aromatic N) is 3. The molecule has 100 valence electrons. The summed E-state index contributed by atoms with van der Waals surface area (Å²) >= 11 is 6.17. The monoisotopic (exact) mass is 277 g/mol. The van der Waals surface area contributed by atoms with Gasteiger partial charge in [-0.1, -0.05) is 11.6 Å². The van der Waals surface area contributed by atoms with Gasteiger partial charge in [0.05, 0.1) is 11.6 Å². The number of aromatic amines is 1. The van der Waals surface area contributed by atoms with Gasteiger partial charge in [0.1, 0.15) is 11.6 Å². The van der Waals surface area contributed by atoms with Crippen LogP contribution in [0.15, 0.2) is 30.7 Å². The molecule has 1 fully saturated rings. The molecule has 1 unspecified atom stereocenters. The molecular formula is C13H16ClN5. The number of nitrogens with one attached hydrogen (secondary N) is 2. The number of anilines is 1. The van der Waals surface area contributed by atoms with Crippen LogP contribution in [0.1, 0.15) is 12.2 Å². The summed E-state index contributed by atoms with van der Waals surface area (Å²) in [5.74, 6) is 1.85. The Morgan fingerprint density at radius 1 is 1.42 bits per heavy atom. The van der Waals surface area contributed by atoms with E-state index in [2.05, 4.69) is 25.2 Å². The van der Waals surface area contributed by atoms with Crippen molar-refractivity contribution >= 4 is 17.4 Å². The fraction of sp³-hybridized carbons (Fsp3) is 0.385. The first-order chi connectivity index (χ1) is 9.33. The van der Waals surface area contributed by atoms with Crippen LogP contribution in [-0.4, -0.2) is 34.1 Å². The summed E-state index contributed by atoms with van der Waals surface area (Å²) in [4.78, 5) is 13.9. The van der Waals surface area contributed by atoms with E-state index < -0.39 is 0 Å². The molecule has 2 aromatic rings. The number of pyridine rings is 1. The smallest absolute Gasteiger partial charge is 0.147 e. The van der Waals surface area contributed by atoms with E-state index in [0.717, 1.165) is 37.7 Å². The minimum absolute atomic E-state index is 0.447. The highest BCUT2D eigenvalue weighted by Gasteiger charge is 2.24. The predicted octanol–water partition coefficient (Wildman–Crippen LogP) is 1.83. The Morgan fingerprint density at radius 2 is 2.37 bits per heavy atom. The van der Waals surface area contributed by atoms with Crippen LogP contribution in [-0.2, 0) is 6.54 Å². The van der Waals surface area contributed by atoms with Crippen molar-refractivity contribution in [1.82, 2.24) is 20.3 Å². The molecule has 1 aliphatic heterocycles. The zero-order chi connectivity index (χ0) is 13.1. The standard InChI is InChI=1S/C13H16ClN5/c14-11-2-1-4-17-13(11)19-7-3-10(9-19)18-8-12-15-5-6-16-12/h1-2,4-6,10,18H,3,7-9H2,(H,15,16). The number of hydrogen-bond donors (Lipinski definition) is 2. The molecule has 0 saturated carbocycles. The molecule has 5 nitrogen and oxygen atoms in total. The summed E-state index contributed by atoms with van der Waals surface area (Å²) < 4.78 is 0. The summed E-state index contributed by atoms with van der Waals surface area (Å²) in [6.07, 6.45) is 6.48. The molecule has 0 bridgehead atoms. The van der Waals surface area contributed by atoms with Crippen molar-refractivity contribution in [3.63, 3.8) is 0 Å². The van der Waals surface area contributed by atoms with Crippen molar-refractivity contribution in [1.29, 1.82) is 0 Å². The molecule has 0 amide bonds. The zero-order valence-electron chi connectivity index (χ0n) is 10.5. The van der Waals surface area contributed by atoms with E-state index in [0.29, 0.717) is 11.1 Å². The number of halogens is 1. The van der Waals surface area contributed by atoms with Gasteiger partial charge >= 0.3 is 0 Å². The molecule has 0 aliphatic carbocycles. The van der Waals surface area contributed by atoms with Crippen LogP contribution in [0, 0.1) is 0 Å². The van der Waals surface area contributed by atoms with Gasteiger partial charge in [0.2, 0.25) is 0 Å². The van der Waals surface area contributed by atoms with Gasteiger partial charge in [0.25, 0.3) is 0 Å². The average Bonchev–Trinajstić information content (AvgIpc) is 3.08. The van der Waals surface area contributed by atoms with Crippen molar-refractivity contribution in [2.24, 2.45) is 0 Å². The van der Waals surface area contributed by atoms with Crippen molar-refractivity contribution in [3.05, 3.63) is 41.6 Å². The quantitative estimate of drug-likeness (QED) is 0.895. The third-order valence-corrected chi connectivity index (χ3v) is 3.63. The van der Waals surface area contributed by atoms with Crippen molar-refractivity contribution in [3.8, 4) is 0 Å². The minimum Gasteiger partial charge on any atom is -0.354 e. The van der Waals surface area contributed by atoms with E-state index in [1.54, 1.807) is 12.4 Å². The molecule has 1 saturated heterocycles. The number of aromatic nitrogens is 3. The van der Waals surface area contributed by atoms with Gasteiger partial charge in [0.15, 0.2) is 0 Å². The Balaban J connectivity index is 1.57. The van der Waals surface area contributed by atoms with Crippen LogP contribution in [0.4, 0.5) is 5.82 Å². The van der Waals surface area contributed by atoms with Gasteiger partial charge < -0.3 is 15.2 Å². The Bertz CT molecular complexity index is 528. The largest absolute Gasteiger partial charge is 0.354 e. The maximum Gasteiger partial charge on any atom is 0.147 e. The Kier molecular flexibility index (Phi) is 3.66. The molecule has 0 aromatic carbocycles. The van der Waals surface area contributed by atoms with Gasteiger partial charge in [-0.15, -0.1) is 0 Å². The fourth-order valence-electron chi connectivity index (χ4n) is 2.36. The zero-order valence-corrected chi connectivity index (χ0v) is 11.3. The molecule has 2 aromatic heterocycles. The molecule has 3 rings (SSSR count). The highest BCUT2D eigenvalue weighted by molar-refractivity contribution is 6.32. The summed E-state index contributed by atoms with van der Waals surface area (Å²) in [6.45, 7) is 2.67. The summed E-state index contributed by atoms with van der Waals surface area (Å²) in [6, 6.07) is 4.19. The topological polar surface area (TPSA) is 56.8 Å². The molecule has 0 spiro atoms. The van der Waals surface area contributed by atoms with Crippen LogP contribution < -0.4 is 10.2 Å². The summed E-state index contributed by atoms with van der Waals surface area (Å²) in [5, 5.41) is 4.21. The molecule has 0 radical (unpaired) electrons. The van der Waals surface area contributed by atoms with E-state index >= 15 is 0 Å². The molecule has 1 aliphatic rings. The lowest BCUT2D eigenvalue weighted by Crippen LogP contribution is -2.32. The second-order valence-electron chi connectivity index (χ2n) is 4.66. The van der Waals surface area contributed by atoms with E-state index in [-0.39, 0.29) is 0 Å². The van der Waals surface area contributed by atoms with Crippen LogP contribution in [0.25, 0.3) is 0 Å². The van der Waals surface area contributed by atoms with Crippen LogP contribution in [0.3, 0.4) is 0 Å². The lowest BCUT2D eigenvalue weighted by atomic mass is 10.2. The molecule has 6 heteroatoms. The maximum atomic E-state index is 6.17. The fourth-order valence-corrected chi connectivity index (χ4v) is 2.61. The summed E-state index contributed by atoms with van der Waals surface area (Å²) in [7, 11) is 0. The number of imidazole rings is 1. The average molecular weight is 278 g/mol. The second-order valence-corrected chi connectivity index (χ2v) is 5.06. The molecule has 3 heterocycles. The normalized spacial score (nSPS) is 19.0. The predicted molar refractivity (Wildman–Crippen MR) is 75.3 cm³/mol. The molecule has 1 atom stereocenters. The second kappa shape index (κ2) is 5.59. The Hall–Kier alpha value is -1.59. The van der Waals surface area contributed by atoms with Crippen LogP contribution in [0.2, 0.25) is 5.02 Å². The van der Waals surface area contributed by atoms with Crippen molar-refractivity contribution in [2.45, 2.75) is 19.0 Å². The van der Waals surface area contributed by atoms with Gasteiger partial charge in [-0.2, -0.15) is 0 Å². The third-order valence-electron chi connectivity index (χ3n) is 3.34. The Morgan fingerprint density at radius 3 is 3.16 bits per heavy atom. The number of rotatable bonds is 4. The van der Waals surface area contributed by atoms with Gasteiger partial charge in [-0.3, -0.25) is 0 Å². The molecular weight excluding hydrogens is 262 g/mol. The van der Waals surface area contributed by atoms with E-state index in [1.807, 2.05) is 18.3 Å². The third kappa shape index (κ3) is 2.88. The van der Waals surface area contributed by atoms with Crippen molar-refractivity contribution < 1.29 is 0 Å². The minimum atomic E-state index is 0.447. The molecule has 19 heavy (non-hydrogen) atoms. The van der Waals surface area contributed by atoms with Crippen molar-refractivity contribution in [2.75, 3.05) is 18.0 Å². The first-order valence-corrected chi connectivity index (χ1v) is 6.78. The lowest BCUT2D eigenvalue weighted by molar-refractivity contribution is 0.541. The summed E-state index contributed by atoms with van der Waals surface area (Å²) in [5.41, 5.74) is 0. The first kappa shape index (κ1) is 12.4. The number of hydrogen-bond acceptors (Lipinski definition) is 4. The van der Waals surface area contributed by atoms with Gasteiger partial charge in [0, 0.05) is 37.7 Å². The SMILES string of the molecule is Clc1cccnc1N1CCC(NCc2ncc[nH]2)C1. The van der Waals surface area contributed by atoms with Gasteiger partial charge in [-0.25, -0.2) is 9.97 Å². The number of H-pyrrole nitrogens is 1. The first-order valence-electron chi connectivity index (χ1n) is 6.40. The Labute approximate surface area is 117 Å². The highest BCUT2D eigenvalue weighted by atomic mass is 35.5. The molecule has 2 N–H and O–H groups in total. The van der Waals surface area contributed by atoms with Crippen LogP contribution >= 0.6 is 11.6 Å². The highest BCUT2D eigenvalue weighted by Crippen LogP contribution is 2.25. The van der Waals surface area contributed by atoms with E-state index in [1.165, 1.54) is 0 Å². The van der Waals surface area contributed by atoms with E-state index in [4.69, 9.17) is 11.6 Å². The van der Waals surface area contributed by atoms with E-state index in [9.17, 15) is 0 Å². The van der Waals surface area contributed by atoms with Gasteiger partial charge in [-0.05, 0) is 18.6 Å². The maximum absolute atomic E-state index is 6.17.